The molecular formula is C21H18F2N6O. The minimum atomic E-state index is -1.58. The van der Waals surface area contributed by atoms with Crippen molar-refractivity contribution in [2.75, 3.05) is 7.05 Å². The molecule has 4 rings (SSSR count). The van der Waals surface area contributed by atoms with Crippen LogP contribution < -0.4 is 5.73 Å². The maximum Gasteiger partial charge on any atom is 0.266 e. The first kappa shape index (κ1) is 19.6. The fourth-order valence-electron chi connectivity index (χ4n) is 3.46. The second-order valence-electron chi connectivity index (χ2n) is 6.93. The Bertz CT molecular complexity index is 1160. The van der Waals surface area contributed by atoms with E-state index in [0.29, 0.717) is 22.5 Å². The lowest BCUT2D eigenvalue weighted by atomic mass is 9.82. The zero-order valence-electron chi connectivity index (χ0n) is 16.3. The van der Waals surface area contributed by atoms with Crippen LogP contribution >= 0.6 is 0 Å². The van der Waals surface area contributed by atoms with Gasteiger partial charge in [0.15, 0.2) is 11.5 Å². The van der Waals surface area contributed by atoms with E-state index in [1.54, 1.807) is 13.0 Å². The lowest BCUT2D eigenvalue weighted by Crippen LogP contribution is -2.41. The van der Waals surface area contributed by atoms with Crippen molar-refractivity contribution in [2.45, 2.75) is 19.1 Å². The number of pyridine rings is 1. The number of guanidine groups is 1. The zero-order chi connectivity index (χ0) is 21.5. The summed E-state index contributed by atoms with van der Waals surface area (Å²) in [6, 6.07) is 7.28. The average Bonchev–Trinajstić information content (AvgIpc) is 2.99. The molecule has 0 spiro atoms. The number of carbonyl (C=O) groups is 1. The molecule has 1 aromatic carbocycles. The van der Waals surface area contributed by atoms with Crippen molar-refractivity contribution in [3.8, 4) is 11.1 Å². The minimum Gasteiger partial charge on any atom is -0.369 e. The molecular weight excluding hydrogens is 390 g/mol. The van der Waals surface area contributed by atoms with Crippen molar-refractivity contribution in [3.63, 3.8) is 0 Å². The van der Waals surface area contributed by atoms with Crippen LogP contribution in [0.2, 0.25) is 0 Å². The number of halogens is 2. The van der Waals surface area contributed by atoms with Gasteiger partial charge in [0, 0.05) is 36.8 Å². The molecule has 1 atom stereocenters. The van der Waals surface area contributed by atoms with Gasteiger partial charge in [-0.15, -0.1) is 0 Å². The van der Waals surface area contributed by atoms with Gasteiger partial charge in [-0.05, 0) is 42.3 Å². The molecule has 3 aromatic rings. The van der Waals surface area contributed by atoms with Crippen LogP contribution in [0, 0.1) is 12.7 Å². The Morgan fingerprint density at radius 1 is 1.10 bits per heavy atom. The SMILES string of the molecule is Cc1ncc(-c2cc(C3(c4ccnc(CF)c4)N=C(N)N(C)C3=O)ccc2F)cn1. The van der Waals surface area contributed by atoms with Gasteiger partial charge in [-0.3, -0.25) is 14.7 Å². The lowest BCUT2D eigenvalue weighted by Gasteiger charge is -2.26. The Kier molecular flexibility index (Phi) is 4.73. The van der Waals surface area contributed by atoms with E-state index >= 15 is 0 Å². The van der Waals surface area contributed by atoms with Gasteiger partial charge < -0.3 is 5.73 Å². The maximum atomic E-state index is 14.7. The lowest BCUT2D eigenvalue weighted by molar-refractivity contribution is -0.129. The molecule has 9 heteroatoms. The number of nitrogens with zero attached hydrogens (tertiary/aromatic N) is 5. The number of aliphatic imine (C=N–C) groups is 1. The fourth-order valence-corrected chi connectivity index (χ4v) is 3.46. The first-order valence-corrected chi connectivity index (χ1v) is 9.10. The molecule has 1 amide bonds. The van der Waals surface area contributed by atoms with Gasteiger partial charge in [0.05, 0.1) is 5.69 Å². The van der Waals surface area contributed by atoms with Crippen molar-refractivity contribution >= 4 is 11.9 Å². The maximum absolute atomic E-state index is 14.7. The summed E-state index contributed by atoms with van der Waals surface area (Å²) in [4.78, 5) is 31.1. The number of amides is 1. The Hall–Kier alpha value is -3.75. The Morgan fingerprint density at radius 3 is 2.43 bits per heavy atom. The number of carbonyl (C=O) groups excluding carboxylic acids is 1. The normalized spacial score (nSPS) is 18.6. The number of aromatic nitrogens is 3. The number of rotatable bonds is 4. The molecule has 1 unspecified atom stereocenters. The predicted octanol–water partition coefficient (Wildman–Crippen LogP) is 2.49. The van der Waals surface area contributed by atoms with Gasteiger partial charge in [0.2, 0.25) is 0 Å². The topological polar surface area (TPSA) is 97.4 Å². The van der Waals surface area contributed by atoms with Crippen molar-refractivity contribution < 1.29 is 13.6 Å². The molecule has 1 aliphatic rings. The van der Waals surface area contributed by atoms with Gasteiger partial charge in [0.1, 0.15) is 18.3 Å². The smallest absolute Gasteiger partial charge is 0.266 e. The molecule has 1 aliphatic heterocycles. The number of hydrogen-bond donors (Lipinski definition) is 1. The molecule has 7 nitrogen and oxygen atoms in total. The van der Waals surface area contributed by atoms with Crippen LogP contribution in [0.1, 0.15) is 22.6 Å². The van der Waals surface area contributed by atoms with Crippen LogP contribution in [0.3, 0.4) is 0 Å². The van der Waals surface area contributed by atoms with Crippen molar-refractivity contribution in [3.05, 3.63) is 77.4 Å². The summed E-state index contributed by atoms with van der Waals surface area (Å²) in [7, 11) is 1.50. The molecule has 0 saturated heterocycles. The first-order chi connectivity index (χ1) is 14.4. The van der Waals surface area contributed by atoms with Crippen molar-refractivity contribution in [1.82, 2.24) is 19.9 Å². The van der Waals surface area contributed by atoms with Gasteiger partial charge in [-0.1, -0.05) is 6.07 Å². The highest BCUT2D eigenvalue weighted by Crippen LogP contribution is 2.41. The third-order valence-electron chi connectivity index (χ3n) is 5.09. The van der Waals surface area contributed by atoms with Crippen LogP contribution in [-0.2, 0) is 17.0 Å². The van der Waals surface area contributed by atoms with Crippen LogP contribution in [0.5, 0.6) is 0 Å². The third-order valence-corrected chi connectivity index (χ3v) is 5.09. The molecule has 0 radical (unpaired) electrons. The Labute approximate surface area is 171 Å². The molecule has 0 aliphatic carbocycles. The highest BCUT2D eigenvalue weighted by atomic mass is 19.1. The fraction of sp³-hybridized carbons (Fsp3) is 0.190. The van der Waals surface area contributed by atoms with Crippen LogP contribution in [-0.4, -0.2) is 38.8 Å². The number of hydrogen-bond acceptors (Lipinski definition) is 6. The van der Waals surface area contributed by atoms with E-state index in [1.807, 2.05) is 0 Å². The molecule has 0 bridgehead atoms. The number of likely N-dealkylation sites (N-methyl/N-ethyl adjacent to an activating group) is 1. The predicted molar refractivity (Wildman–Crippen MR) is 106 cm³/mol. The summed E-state index contributed by atoms with van der Waals surface area (Å²) in [5.41, 5.74) is 5.95. The van der Waals surface area contributed by atoms with E-state index in [1.165, 1.54) is 54.8 Å². The van der Waals surface area contributed by atoms with E-state index < -0.39 is 23.9 Å². The van der Waals surface area contributed by atoms with E-state index in [-0.39, 0.29) is 17.2 Å². The largest absolute Gasteiger partial charge is 0.369 e. The summed E-state index contributed by atoms with van der Waals surface area (Å²) in [6.45, 7) is 0.921. The molecule has 0 saturated carbocycles. The summed E-state index contributed by atoms with van der Waals surface area (Å²) in [5, 5.41) is 0. The quantitative estimate of drug-likeness (QED) is 0.715. The van der Waals surface area contributed by atoms with E-state index in [0.717, 1.165) is 0 Å². The van der Waals surface area contributed by atoms with Gasteiger partial charge >= 0.3 is 0 Å². The third kappa shape index (κ3) is 2.99. The zero-order valence-corrected chi connectivity index (χ0v) is 16.3. The minimum absolute atomic E-state index is 0.00292. The van der Waals surface area contributed by atoms with Gasteiger partial charge in [0.25, 0.3) is 5.91 Å². The average molecular weight is 408 g/mol. The molecule has 152 valence electrons. The van der Waals surface area contributed by atoms with Crippen molar-refractivity contribution in [2.24, 2.45) is 10.7 Å². The standard InChI is InChI=1S/C21H18F2N6O/c1-12-26-10-13(11-27-12)17-8-14(3-4-18(17)23)21(19(30)29(2)20(24)28-21)15-5-6-25-16(7-15)9-22/h3-8,10-11H,9H2,1-2H3,(H2,24,28). The summed E-state index contributed by atoms with van der Waals surface area (Å²) in [5.74, 6) is -0.388. The molecule has 3 heterocycles. The highest BCUT2D eigenvalue weighted by Gasteiger charge is 2.49. The summed E-state index contributed by atoms with van der Waals surface area (Å²) in [6.07, 6.45) is 4.41. The first-order valence-electron chi connectivity index (χ1n) is 9.10. The van der Waals surface area contributed by atoms with Crippen LogP contribution in [0.15, 0.2) is 53.9 Å². The Balaban J connectivity index is 1.96. The monoisotopic (exact) mass is 408 g/mol. The second-order valence-corrected chi connectivity index (χ2v) is 6.93. The van der Waals surface area contributed by atoms with Gasteiger partial charge in [-0.2, -0.15) is 0 Å². The summed E-state index contributed by atoms with van der Waals surface area (Å²) < 4.78 is 27.9. The summed E-state index contributed by atoms with van der Waals surface area (Å²) >= 11 is 0. The number of nitrogens with two attached hydrogens (primary N) is 1. The molecule has 2 N–H and O–H groups in total. The molecule has 0 fully saturated rings. The highest BCUT2D eigenvalue weighted by molar-refractivity contribution is 6.09. The second kappa shape index (κ2) is 7.25. The van der Waals surface area contributed by atoms with E-state index in [4.69, 9.17) is 5.73 Å². The van der Waals surface area contributed by atoms with Crippen LogP contribution in [0.25, 0.3) is 11.1 Å². The van der Waals surface area contributed by atoms with Crippen LogP contribution in [0.4, 0.5) is 8.78 Å². The molecule has 2 aromatic heterocycles. The number of benzene rings is 1. The number of alkyl halides is 1. The van der Waals surface area contributed by atoms with E-state index in [2.05, 4.69) is 19.9 Å². The van der Waals surface area contributed by atoms with Crippen molar-refractivity contribution in [1.29, 1.82) is 0 Å². The molecule has 30 heavy (non-hydrogen) atoms. The number of aryl methyl sites for hydroxylation is 1. The van der Waals surface area contributed by atoms with Gasteiger partial charge in [-0.25, -0.2) is 23.7 Å². The van der Waals surface area contributed by atoms with E-state index in [9.17, 15) is 13.6 Å². The Morgan fingerprint density at radius 2 is 1.80 bits per heavy atom.